The van der Waals surface area contributed by atoms with E-state index in [9.17, 15) is 9.59 Å². The van der Waals surface area contributed by atoms with Crippen molar-refractivity contribution >= 4 is 22.2 Å². The highest BCUT2D eigenvalue weighted by molar-refractivity contribution is 6.23. The van der Waals surface area contributed by atoms with Gasteiger partial charge in [-0.1, -0.05) is 30.3 Å². The quantitative estimate of drug-likeness (QED) is 0.183. The first-order valence-corrected chi connectivity index (χ1v) is 5.30. The average Bonchev–Trinajstić information content (AvgIpc) is 2.30. The van der Waals surface area contributed by atoms with Crippen LogP contribution in [0.3, 0.4) is 0 Å². The van der Waals surface area contributed by atoms with Gasteiger partial charge in [0.25, 0.3) is 0 Å². The second-order valence-electron chi connectivity index (χ2n) is 2.88. The Kier molecular flexibility index (Phi) is 4.43. The molecule has 0 aliphatic carbocycles. The number of carboxylic acids is 1. The highest BCUT2D eigenvalue weighted by atomic mass is 28.2. The van der Waals surface area contributed by atoms with Crippen LogP contribution in [-0.2, 0) is 9.32 Å². The molecule has 0 aromatic heterocycles. The van der Waals surface area contributed by atoms with E-state index in [1.54, 1.807) is 30.3 Å². The first-order valence-electron chi connectivity index (χ1n) is 4.48. The second-order valence-corrected chi connectivity index (χ2v) is 3.29. The van der Waals surface area contributed by atoms with E-state index in [4.69, 9.17) is 5.11 Å². The second kappa shape index (κ2) is 5.84. The minimum atomic E-state index is -1.29. The van der Waals surface area contributed by atoms with Crippen LogP contribution < -0.4 is 5.48 Å². The summed E-state index contributed by atoms with van der Waals surface area (Å²) in [6.07, 6.45) is 1.05. The third kappa shape index (κ3) is 3.04. The third-order valence-corrected chi connectivity index (χ3v) is 2.07. The van der Waals surface area contributed by atoms with E-state index >= 15 is 0 Å². The largest absolute Gasteiger partial charge is 0.477 e. The molecule has 1 aromatic carbocycles. The van der Waals surface area contributed by atoms with E-state index in [0.717, 1.165) is 6.20 Å². The Morgan fingerprint density at radius 3 is 2.44 bits per heavy atom. The Labute approximate surface area is 95.2 Å². The Morgan fingerprint density at radius 1 is 1.31 bits per heavy atom. The molecule has 1 rings (SSSR count). The average molecular weight is 237 g/mol. The predicted molar refractivity (Wildman–Crippen MR) is 60.7 cm³/mol. The molecule has 5 nitrogen and oxygen atoms in total. The van der Waals surface area contributed by atoms with Crippen molar-refractivity contribution in [2.24, 2.45) is 0 Å². The molecule has 16 heavy (non-hydrogen) atoms. The lowest BCUT2D eigenvalue weighted by Gasteiger charge is -2.02. The van der Waals surface area contributed by atoms with Gasteiger partial charge in [-0.25, -0.2) is 4.79 Å². The van der Waals surface area contributed by atoms with Gasteiger partial charge in [-0.3, -0.25) is 10.3 Å². The predicted octanol–water partition coefficient (Wildman–Crippen LogP) is -0.361. The number of carboxylic acid groups (broad SMARTS) is 1. The number of ketones is 1. The minimum absolute atomic E-state index is 0.325. The van der Waals surface area contributed by atoms with Crippen molar-refractivity contribution in [1.82, 2.24) is 5.48 Å². The van der Waals surface area contributed by atoms with Crippen molar-refractivity contribution < 1.29 is 19.2 Å². The molecule has 0 bridgehead atoms. The third-order valence-electron chi connectivity index (χ3n) is 1.83. The number of nitrogens with one attached hydrogen (secondary N) is 1. The molecule has 0 aliphatic heterocycles. The SMILES string of the molecule is O=C(O)/C(=C\NO[SiH3])C(=O)c1ccccc1. The van der Waals surface area contributed by atoms with Crippen molar-refractivity contribution in [2.75, 3.05) is 0 Å². The van der Waals surface area contributed by atoms with Crippen LogP contribution in [-0.4, -0.2) is 27.3 Å². The molecule has 0 aliphatic rings. The summed E-state index contributed by atoms with van der Waals surface area (Å²) in [7, 11) is 0.396. The smallest absolute Gasteiger partial charge is 0.341 e. The maximum atomic E-state index is 11.8. The van der Waals surface area contributed by atoms with Crippen LogP contribution in [0.5, 0.6) is 0 Å². The monoisotopic (exact) mass is 237 g/mol. The normalized spacial score (nSPS) is 11.1. The zero-order valence-corrected chi connectivity index (χ0v) is 10.6. The van der Waals surface area contributed by atoms with Crippen LogP contribution >= 0.6 is 0 Å². The van der Waals surface area contributed by atoms with Gasteiger partial charge in [0.15, 0.2) is 10.5 Å². The summed E-state index contributed by atoms with van der Waals surface area (Å²) >= 11 is 0. The Balaban J connectivity index is 2.97. The van der Waals surface area contributed by atoms with Crippen LogP contribution in [0, 0.1) is 0 Å². The standard InChI is InChI=1S/C10H11NO4Si/c12-9(7-4-2-1-3-5-7)8(10(13)14)6-11-15-16/h1-6,11H,16H3,(H,13,14)/b8-6-. The molecule has 0 fully saturated rings. The molecule has 2 N–H and O–H groups in total. The maximum absolute atomic E-state index is 11.8. The number of benzene rings is 1. The number of Topliss-reactive ketones (excluding diaryl/α,β-unsaturated/α-hetero) is 1. The lowest BCUT2D eigenvalue weighted by molar-refractivity contribution is -0.132. The van der Waals surface area contributed by atoms with Gasteiger partial charge < -0.3 is 9.63 Å². The molecule has 0 amide bonds. The molecule has 0 saturated heterocycles. The van der Waals surface area contributed by atoms with Crippen LogP contribution in [0.2, 0.25) is 0 Å². The molecule has 1 aromatic rings. The number of carbonyl (C=O) groups is 2. The summed E-state index contributed by atoms with van der Waals surface area (Å²) in [6, 6.07) is 8.20. The molecule has 0 unspecified atom stereocenters. The van der Waals surface area contributed by atoms with Gasteiger partial charge in [0.1, 0.15) is 5.57 Å². The highest BCUT2D eigenvalue weighted by Gasteiger charge is 2.18. The van der Waals surface area contributed by atoms with E-state index in [-0.39, 0.29) is 5.57 Å². The number of aliphatic carboxylic acids is 1. The molecular formula is C10H11NO4Si. The molecule has 6 heteroatoms. The van der Waals surface area contributed by atoms with Crippen molar-refractivity contribution in [1.29, 1.82) is 0 Å². The van der Waals surface area contributed by atoms with Gasteiger partial charge in [-0.05, 0) is 0 Å². The highest BCUT2D eigenvalue weighted by Crippen LogP contribution is 2.07. The van der Waals surface area contributed by atoms with E-state index in [1.807, 2.05) is 0 Å². The fourth-order valence-electron chi connectivity index (χ4n) is 1.09. The number of carbonyl (C=O) groups excluding carboxylic acids is 1. The summed E-state index contributed by atoms with van der Waals surface area (Å²) in [5.74, 6) is -1.85. The van der Waals surface area contributed by atoms with Crippen LogP contribution in [0.1, 0.15) is 10.4 Å². The Bertz CT molecular complexity index is 416. The maximum Gasteiger partial charge on any atom is 0.341 e. The minimum Gasteiger partial charge on any atom is -0.477 e. The molecule has 0 saturated carbocycles. The first kappa shape index (κ1) is 12.1. The number of hydroxylamine groups is 1. The van der Waals surface area contributed by atoms with Gasteiger partial charge in [0, 0.05) is 11.8 Å². The van der Waals surface area contributed by atoms with Crippen LogP contribution in [0.25, 0.3) is 0 Å². The van der Waals surface area contributed by atoms with Crippen molar-refractivity contribution in [3.8, 4) is 0 Å². The van der Waals surface area contributed by atoms with Gasteiger partial charge in [0.2, 0.25) is 5.78 Å². The van der Waals surface area contributed by atoms with E-state index in [2.05, 4.69) is 10.0 Å². The van der Waals surface area contributed by atoms with E-state index in [0.29, 0.717) is 16.0 Å². The topological polar surface area (TPSA) is 75.6 Å². The zero-order chi connectivity index (χ0) is 12.0. The summed E-state index contributed by atoms with van der Waals surface area (Å²) in [5, 5.41) is 8.86. The summed E-state index contributed by atoms with van der Waals surface area (Å²) in [4.78, 5) is 22.6. The van der Waals surface area contributed by atoms with Gasteiger partial charge in [0.05, 0.1) is 0 Å². The lowest BCUT2D eigenvalue weighted by atomic mass is 10.0. The zero-order valence-electron chi connectivity index (χ0n) is 8.64. The fraction of sp³-hybridized carbons (Fsp3) is 0. The number of hydrogen-bond acceptors (Lipinski definition) is 4. The summed E-state index contributed by atoms with van der Waals surface area (Å²) in [5.41, 5.74) is 2.24. The molecular weight excluding hydrogens is 226 g/mol. The lowest BCUT2D eigenvalue weighted by Crippen LogP contribution is -2.16. The molecule has 0 radical (unpaired) electrons. The van der Waals surface area contributed by atoms with Gasteiger partial charge >= 0.3 is 5.97 Å². The first-order chi connectivity index (χ1) is 7.66. The van der Waals surface area contributed by atoms with Crippen molar-refractivity contribution in [3.05, 3.63) is 47.7 Å². The number of rotatable bonds is 5. The Morgan fingerprint density at radius 2 is 1.94 bits per heavy atom. The van der Waals surface area contributed by atoms with Crippen LogP contribution in [0.15, 0.2) is 42.1 Å². The van der Waals surface area contributed by atoms with Crippen molar-refractivity contribution in [3.63, 3.8) is 0 Å². The molecule has 0 spiro atoms. The van der Waals surface area contributed by atoms with E-state index < -0.39 is 11.8 Å². The summed E-state index contributed by atoms with van der Waals surface area (Å²) < 4.78 is 4.61. The van der Waals surface area contributed by atoms with E-state index in [1.165, 1.54) is 0 Å². The van der Waals surface area contributed by atoms with Crippen molar-refractivity contribution in [2.45, 2.75) is 0 Å². The fourth-order valence-corrected chi connectivity index (χ4v) is 1.21. The van der Waals surface area contributed by atoms with Crippen LogP contribution in [0.4, 0.5) is 0 Å². The molecule has 84 valence electrons. The molecule has 0 atom stereocenters. The van der Waals surface area contributed by atoms with Gasteiger partial charge in [-0.15, -0.1) is 0 Å². The molecule has 0 heterocycles. The van der Waals surface area contributed by atoms with Gasteiger partial charge in [-0.2, -0.15) is 0 Å². The number of hydrogen-bond donors (Lipinski definition) is 2. The Hall–Kier alpha value is -1.92. The summed E-state index contributed by atoms with van der Waals surface area (Å²) in [6.45, 7) is 0.